The van der Waals surface area contributed by atoms with Crippen molar-refractivity contribution in [1.82, 2.24) is 10.2 Å². The molecule has 0 radical (unpaired) electrons. The second-order valence-electron chi connectivity index (χ2n) is 9.06. The minimum Gasteiger partial charge on any atom is -0.480 e. The predicted octanol–water partition coefficient (Wildman–Crippen LogP) is 4.02. The Labute approximate surface area is 193 Å². The second-order valence-corrected chi connectivity index (χ2v) is 9.06. The number of carbonyl (C=O) groups is 3. The minimum absolute atomic E-state index is 0.0285. The number of amides is 2. The summed E-state index contributed by atoms with van der Waals surface area (Å²) in [5, 5.41) is 12.3. The Kier molecular flexibility index (Phi) is 6.67. The molecule has 2 aromatic carbocycles. The molecule has 3 atom stereocenters. The van der Waals surface area contributed by atoms with Crippen molar-refractivity contribution in [3.05, 3.63) is 59.7 Å². The van der Waals surface area contributed by atoms with Gasteiger partial charge in [0.1, 0.15) is 12.6 Å². The predicted molar refractivity (Wildman–Crippen MR) is 124 cm³/mol. The summed E-state index contributed by atoms with van der Waals surface area (Å²) in [5.41, 5.74) is 4.58. The van der Waals surface area contributed by atoms with Crippen molar-refractivity contribution >= 4 is 18.0 Å². The van der Waals surface area contributed by atoms with E-state index in [1.54, 1.807) is 6.92 Å². The van der Waals surface area contributed by atoms with E-state index in [1.165, 1.54) is 4.90 Å². The van der Waals surface area contributed by atoms with Crippen LogP contribution in [0.3, 0.4) is 0 Å². The van der Waals surface area contributed by atoms with Gasteiger partial charge in [0.15, 0.2) is 0 Å². The Morgan fingerprint density at radius 3 is 2.30 bits per heavy atom. The number of carboxylic acids is 1. The van der Waals surface area contributed by atoms with Crippen LogP contribution in [-0.4, -0.2) is 53.2 Å². The number of carbonyl (C=O) groups excluding carboxylic acids is 2. The Hall–Kier alpha value is -3.35. The first kappa shape index (κ1) is 22.8. The van der Waals surface area contributed by atoms with E-state index in [-0.39, 0.29) is 30.8 Å². The van der Waals surface area contributed by atoms with Gasteiger partial charge in [-0.1, -0.05) is 55.5 Å². The fourth-order valence-electron chi connectivity index (χ4n) is 5.12. The van der Waals surface area contributed by atoms with Gasteiger partial charge < -0.3 is 20.1 Å². The van der Waals surface area contributed by atoms with Crippen LogP contribution in [0.4, 0.5) is 4.79 Å². The summed E-state index contributed by atoms with van der Waals surface area (Å²) in [4.78, 5) is 38.3. The molecule has 174 valence electrons. The number of piperidine rings is 1. The minimum atomic E-state index is -0.979. The molecule has 2 aromatic rings. The van der Waals surface area contributed by atoms with Crippen LogP contribution in [0.2, 0.25) is 0 Å². The van der Waals surface area contributed by atoms with Crippen LogP contribution in [-0.2, 0) is 14.3 Å². The highest BCUT2D eigenvalue weighted by Crippen LogP contribution is 2.44. The van der Waals surface area contributed by atoms with Gasteiger partial charge in [-0.05, 0) is 47.9 Å². The number of ether oxygens (including phenoxy) is 1. The molecule has 2 aliphatic rings. The van der Waals surface area contributed by atoms with Crippen LogP contribution >= 0.6 is 0 Å². The largest absolute Gasteiger partial charge is 0.480 e. The Morgan fingerprint density at radius 2 is 1.70 bits per heavy atom. The lowest BCUT2D eigenvalue weighted by Gasteiger charge is -2.37. The van der Waals surface area contributed by atoms with Gasteiger partial charge in [0.2, 0.25) is 5.91 Å². The highest BCUT2D eigenvalue weighted by Gasteiger charge is 2.37. The molecule has 1 heterocycles. The van der Waals surface area contributed by atoms with Crippen LogP contribution in [0.5, 0.6) is 0 Å². The van der Waals surface area contributed by atoms with E-state index in [0.717, 1.165) is 35.1 Å². The van der Waals surface area contributed by atoms with Crippen LogP contribution in [0.1, 0.15) is 50.2 Å². The number of fused-ring (bicyclic) bond motifs is 3. The van der Waals surface area contributed by atoms with Crippen molar-refractivity contribution in [3.8, 4) is 11.1 Å². The molecule has 0 bridgehead atoms. The first-order valence-electron chi connectivity index (χ1n) is 11.5. The smallest absolute Gasteiger partial charge is 0.407 e. The van der Waals surface area contributed by atoms with Crippen LogP contribution in [0, 0.1) is 5.92 Å². The maximum absolute atomic E-state index is 12.8. The van der Waals surface area contributed by atoms with E-state index in [9.17, 15) is 19.5 Å². The number of rotatable bonds is 6. The molecule has 7 heteroatoms. The summed E-state index contributed by atoms with van der Waals surface area (Å²) in [5.74, 6) is -1.37. The summed E-state index contributed by atoms with van der Waals surface area (Å²) in [6.45, 7) is 4.21. The fourth-order valence-corrected chi connectivity index (χ4v) is 5.12. The first-order valence-corrected chi connectivity index (χ1v) is 11.5. The Bertz CT molecular complexity index is 1010. The zero-order valence-corrected chi connectivity index (χ0v) is 19.0. The average Bonchev–Trinajstić information content (AvgIpc) is 3.11. The zero-order valence-electron chi connectivity index (χ0n) is 19.0. The number of nitrogens with zero attached hydrogens (tertiary/aromatic N) is 1. The molecule has 1 fully saturated rings. The molecule has 2 unspecified atom stereocenters. The van der Waals surface area contributed by atoms with Crippen LogP contribution in [0.25, 0.3) is 11.1 Å². The molecule has 2 amide bonds. The van der Waals surface area contributed by atoms with Crippen LogP contribution < -0.4 is 5.32 Å². The number of carboxylic acid groups (broad SMARTS) is 1. The van der Waals surface area contributed by atoms with Crippen molar-refractivity contribution < 1.29 is 24.2 Å². The molecule has 1 aliphatic carbocycles. The van der Waals surface area contributed by atoms with E-state index in [0.29, 0.717) is 6.54 Å². The first-order chi connectivity index (χ1) is 15.9. The lowest BCUT2D eigenvalue weighted by Crippen LogP contribution is -2.53. The van der Waals surface area contributed by atoms with Gasteiger partial charge in [0, 0.05) is 24.9 Å². The SMILES string of the molecule is CC1CCCN(C(=O)C[C@H](C)NC(=O)OCC2c3ccccc3-c3ccccc32)C1C(=O)O. The summed E-state index contributed by atoms with van der Waals surface area (Å²) >= 11 is 0. The van der Waals surface area contributed by atoms with Crippen molar-refractivity contribution in [2.75, 3.05) is 13.2 Å². The fraction of sp³-hybridized carbons (Fsp3) is 0.423. The van der Waals surface area contributed by atoms with Gasteiger partial charge in [0.05, 0.1) is 0 Å². The van der Waals surface area contributed by atoms with Gasteiger partial charge in [-0.2, -0.15) is 0 Å². The number of nitrogens with one attached hydrogen (secondary N) is 1. The lowest BCUT2D eigenvalue weighted by molar-refractivity contribution is -0.154. The van der Waals surface area contributed by atoms with Crippen molar-refractivity contribution in [2.45, 2.75) is 51.1 Å². The quantitative estimate of drug-likeness (QED) is 0.693. The summed E-state index contributed by atoms with van der Waals surface area (Å²) in [7, 11) is 0. The lowest BCUT2D eigenvalue weighted by atomic mass is 9.90. The van der Waals surface area contributed by atoms with E-state index in [4.69, 9.17) is 4.74 Å². The second kappa shape index (κ2) is 9.65. The van der Waals surface area contributed by atoms with E-state index >= 15 is 0 Å². The molecule has 0 saturated carbocycles. The van der Waals surface area contributed by atoms with E-state index < -0.39 is 24.1 Å². The molecule has 2 N–H and O–H groups in total. The van der Waals surface area contributed by atoms with Gasteiger partial charge >= 0.3 is 12.1 Å². The molecule has 4 rings (SSSR count). The monoisotopic (exact) mass is 450 g/mol. The summed E-state index contributed by atoms with van der Waals surface area (Å²) in [6.07, 6.45) is 1.01. The van der Waals surface area contributed by atoms with Crippen molar-refractivity contribution in [3.63, 3.8) is 0 Å². The third kappa shape index (κ3) is 4.72. The molecule has 33 heavy (non-hydrogen) atoms. The summed E-state index contributed by atoms with van der Waals surface area (Å²) < 4.78 is 5.54. The van der Waals surface area contributed by atoms with Gasteiger partial charge in [-0.15, -0.1) is 0 Å². The number of alkyl carbamates (subject to hydrolysis) is 1. The molecular weight excluding hydrogens is 420 g/mol. The van der Waals surface area contributed by atoms with Crippen LogP contribution in [0.15, 0.2) is 48.5 Å². The number of hydrogen-bond donors (Lipinski definition) is 2. The highest BCUT2D eigenvalue weighted by molar-refractivity contribution is 5.85. The van der Waals surface area contributed by atoms with Crippen molar-refractivity contribution in [2.24, 2.45) is 5.92 Å². The maximum atomic E-state index is 12.8. The molecule has 1 aliphatic heterocycles. The van der Waals surface area contributed by atoms with Gasteiger partial charge in [-0.3, -0.25) is 4.79 Å². The normalized spacial score (nSPS) is 20.5. The topological polar surface area (TPSA) is 95.9 Å². The Morgan fingerprint density at radius 1 is 1.09 bits per heavy atom. The average molecular weight is 451 g/mol. The molecule has 1 saturated heterocycles. The molecular formula is C26H30N2O5. The number of aliphatic carboxylic acids is 1. The highest BCUT2D eigenvalue weighted by atomic mass is 16.5. The standard InChI is InChI=1S/C26H30N2O5/c1-16-8-7-13-28(24(16)25(30)31)23(29)14-17(2)27-26(32)33-15-22-20-11-5-3-9-18(20)19-10-4-6-12-21(19)22/h3-6,9-12,16-17,22,24H,7-8,13-15H2,1-2H3,(H,27,32)(H,30,31)/t16?,17-,24?/m0/s1. The number of likely N-dealkylation sites (tertiary alicyclic amines) is 1. The van der Waals surface area contributed by atoms with Gasteiger partial charge in [-0.25, -0.2) is 9.59 Å². The summed E-state index contributed by atoms with van der Waals surface area (Å²) in [6, 6.07) is 15.0. The molecule has 7 nitrogen and oxygen atoms in total. The van der Waals surface area contributed by atoms with Gasteiger partial charge in [0.25, 0.3) is 0 Å². The molecule has 0 aromatic heterocycles. The number of hydrogen-bond acceptors (Lipinski definition) is 4. The van der Waals surface area contributed by atoms with E-state index in [1.807, 2.05) is 31.2 Å². The maximum Gasteiger partial charge on any atom is 0.407 e. The van der Waals surface area contributed by atoms with E-state index in [2.05, 4.69) is 29.6 Å². The Balaban J connectivity index is 1.33. The zero-order chi connectivity index (χ0) is 23.5. The molecule has 0 spiro atoms. The van der Waals surface area contributed by atoms with Crippen molar-refractivity contribution in [1.29, 1.82) is 0 Å². The third-order valence-corrected chi connectivity index (χ3v) is 6.70. The number of benzene rings is 2. The third-order valence-electron chi connectivity index (χ3n) is 6.70.